The number of fused-ring (bicyclic) bond motifs is 1. The first kappa shape index (κ1) is 26.5. The Balaban J connectivity index is 1.71. The highest BCUT2D eigenvalue weighted by atomic mass is 32.2. The van der Waals surface area contributed by atoms with Gasteiger partial charge >= 0.3 is 5.97 Å². The Morgan fingerprint density at radius 3 is 2.57 bits per heavy atom. The van der Waals surface area contributed by atoms with Gasteiger partial charge in [-0.25, -0.2) is 9.79 Å². The number of methoxy groups -OCH3 is 1. The molecule has 194 valence electrons. The molecule has 0 aromatic heterocycles. The van der Waals surface area contributed by atoms with E-state index in [0.717, 1.165) is 11.3 Å². The maximum atomic E-state index is 13.3. The van der Waals surface area contributed by atoms with Gasteiger partial charge in [0.15, 0.2) is 5.17 Å². The van der Waals surface area contributed by atoms with Gasteiger partial charge in [0.05, 0.1) is 30.3 Å². The van der Waals surface area contributed by atoms with Crippen molar-refractivity contribution in [2.24, 2.45) is 4.99 Å². The van der Waals surface area contributed by atoms with Crippen LogP contribution in [0.3, 0.4) is 0 Å². The Morgan fingerprint density at radius 2 is 1.84 bits per heavy atom. The van der Waals surface area contributed by atoms with Crippen molar-refractivity contribution in [3.8, 4) is 11.5 Å². The van der Waals surface area contributed by atoms with Crippen LogP contribution in [-0.4, -0.2) is 48.3 Å². The number of ether oxygens (including phenoxy) is 3. The standard InChI is InChI=1S/C28H31N3O5S/c1-18(2)29-24(32)16-21-17-37-28-30-19(3)25(27(33)35-14-13-34-4)26(31(21)28)20-9-8-12-23(15-20)36-22-10-6-5-7-11-22/h5-12,15,17-18,26H,13-14,16H2,1-4H3,(H,29,32)/t26-/m1/s1. The maximum absolute atomic E-state index is 13.3. The lowest BCUT2D eigenvalue weighted by molar-refractivity contribution is -0.141. The molecule has 0 saturated carbocycles. The topological polar surface area (TPSA) is 89.5 Å². The predicted octanol–water partition coefficient (Wildman–Crippen LogP) is 5.16. The van der Waals surface area contributed by atoms with Crippen molar-refractivity contribution in [3.63, 3.8) is 0 Å². The molecule has 8 nitrogen and oxygen atoms in total. The van der Waals surface area contributed by atoms with E-state index < -0.39 is 12.0 Å². The van der Waals surface area contributed by atoms with E-state index in [1.54, 1.807) is 14.0 Å². The summed E-state index contributed by atoms with van der Waals surface area (Å²) in [6.45, 7) is 6.06. The SMILES string of the molecule is COCCOC(=O)C1=C(C)N=C2SC=C(CC(=O)NC(C)C)N2[C@@H]1c1cccc(Oc2ccccc2)c1. The minimum atomic E-state index is -0.546. The number of nitrogens with zero attached hydrogens (tertiary/aromatic N) is 2. The smallest absolute Gasteiger partial charge is 0.338 e. The highest BCUT2D eigenvalue weighted by molar-refractivity contribution is 8.16. The fourth-order valence-corrected chi connectivity index (χ4v) is 5.12. The summed E-state index contributed by atoms with van der Waals surface area (Å²) < 4.78 is 16.7. The van der Waals surface area contributed by atoms with E-state index in [-0.39, 0.29) is 31.6 Å². The van der Waals surface area contributed by atoms with Crippen molar-refractivity contribution >= 4 is 28.8 Å². The molecule has 2 aliphatic heterocycles. The first-order valence-corrected chi connectivity index (χ1v) is 13.0. The highest BCUT2D eigenvalue weighted by Crippen LogP contribution is 2.45. The molecule has 2 aromatic carbocycles. The molecule has 2 heterocycles. The van der Waals surface area contributed by atoms with E-state index in [0.29, 0.717) is 27.9 Å². The molecule has 0 fully saturated rings. The van der Waals surface area contributed by atoms with Gasteiger partial charge < -0.3 is 24.4 Å². The van der Waals surface area contributed by atoms with Gasteiger partial charge in [0.25, 0.3) is 0 Å². The summed E-state index contributed by atoms with van der Waals surface area (Å²) in [5, 5.41) is 5.57. The number of amides is 1. The Hall–Kier alpha value is -3.56. The van der Waals surface area contributed by atoms with Gasteiger partial charge in [0.2, 0.25) is 5.91 Å². The number of nitrogens with one attached hydrogen (secondary N) is 1. The van der Waals surface area contributed by atoms with Crippen LogP contribution in [0.15, 0.2) is 82.0 Å². The van der Waals surface area contributed by atoms with Crippen LogP contribution >= 0.6 is 11.8 Å². The summed E-state index contributed by atoms with van der Waals surface area (Å²) in [4.78, 5) is 32.7. The lowest BCUT2D eigenvalue weighted by Gasteiger charge is -2.36. The normalized spacial score (nSPS) is 16.8. The fourth-order valence-electron chi connectivity index (χ4n) is 4.15. The van der Waals surface area contributed by atoms with Crippen LogP contribution in [0.25, 0.3) is 0 Å². The van der Waals surface area contributed by atoms with Crippen LogP contribution in [0.1, 0.15) is 38.8 Å². The van der Waals surface area contributed by atoms with Crippen molar-refractivity contribution in [2.45, 2.75) is 39.3 Å². The van der Waals surface area contributed by atoms with Gasteiger partial charge in [0, 0.05) is 18.8 Å². The molecular formula is C28H31N3O5S. The van der Waals surface area contributed by atoms with Gasteiger partial charge in [-0.05, 0) is 56.0 Å². The van der Waals surface area contributed by atoms with Crippen molar-refractivity contribution in [3.05, 3.63) is 82.5 Å². The molecule has 1 amide bonds. The lowest BCUT2D eigenvalue weighted by Crippen LogP contribution is -2.38. The second-order valence-corrected chi connectivity index (χ2v) is 9.74. The number of allylic oxidation sites excluding steroid dienone is 1. The molecule has 0 unspecified atom stereocenters. The Bertz CT molecular complexity index is 1240. The molecule has 1 atom stereocenters. The number of amidine groups is 1. The Morgan fingerprint density at radius 1 is 1.08 bits per heavy atom. The fraction of sp³-hybridized carbons (Fsp3) is 0.321. The summed E-state index contributed by atoms with van der Waals surface area (Å²) in [5.41, 5.74) is 2.56. The third-order valence-electron chi connectivity index (χ3n) is 5.69. The summed E-state index contributed by atoms with van der Waals surface area (Å²) in [6.07, 6.45) is 0.159. The number of thioether (sulfide) groups is 1. The van der Waals surface area contributed by atoms with Crippen LogP contribution in [0, 0.1) is 0 Å². The van der Waals surface area contributed by atoms with Crippen LogP contribution < -0.4 is 10.1 Å². The third-order valence-corrected chi connectivity index (χ3v) is 6.57. The van der Waals surface area contributed by atoms with Crippen molar-refractivity contribution in [2.75, 3.05) is 20.3 Å². The summed E-state index contributed by atoms with van der Waals surface area (Å²) in [6, 6.07) is 16.6. The predicted molar refractivity (Wildman–Crippen MR) is 144 cm³/mol. The Labute approximate surface area is 221 Å². The van der Waals surface area contributed by atoms with Crippen LogP contribution in [0.4, 0.5) is 0 Å². The van der Waals surface area contributed by atoms with Crippen molar-refractivity contribution in [1.29, 1.82) is 0 Å². The van der Waals surface area contributed by atoms with Crippen molar-refractivity contribution in [1.82, 2.24) is 10.2 Å². The summed E-state index contributed by atoms with van der Waals surface area (Å²) in [5.74, 6) is 0.768. The average molecular weight is 522 g/mol. The number of hydrogen-bond acceptors (Lipinski definition) is 8. The molecule has 9 heteroatoms. The molecule has 0 bridgehead atoms. The molecule has 37 heavy (non-hydrogen) atoms. The molecule has 0 spiro atoms. The highest BCUT2D eigenvalue weighted by Gasteiger charge is 2.41. The van der Waals surface area contributed by atoms with E-state index >= 15 is 0 Å². The van der Waals surface area contributed by atoms with Gasteiger partial charge in [-0.15, -0.1) is 0 Å². The van der Waals surface area contributed by atoms with Gasteiger partial charge in [-0.3, -0.25) is 4.79 Å². The molecular weight excluding hydrogens is 490 g/mol. The van der Waals surface area contributed by atoms with Crippen LogP contribution in [-0.2, 0) is 19.1 Å². The molecule has 2 aliphatic rings. The number of rotatable bonds is 10. The number of para-hydroxylation sites is 1. The monoisotopic (exact) mass is 521 g/mol. The van der Waals surface area contributed by atoms with E-state index in [1.807, 2.05) is 78.8 Å². The number of carbonyl (C=O) groups is 2. The largest absolute Gasteiger partial charge is 0.460 e. The van der Waals surface area contributed by atoms with E-state index in [4.69, 9.17) is 19.2 Å². The molecule has 2 aromatic rings. The maximum Gasteiger partial charge on any atom is 0.338 e. The second-order valence-electron chi connectivity index (χ2n) is 8.91. The number of esters is 1. The van der Waals surface area contributed by atoms with Crippen molar-refractivity contribution < 1.29 is 23.8 Å². The van der Waals surface area contributed by atoms with Crippen LogP contribution in [0.5, 0.6) is 11.5 Å². The second kappa shape index (κ2) is 12.1. The number of aliphatic imine (C=N–C) groups is 1. The molecule has 1 N–H and O–H groups in total. The first-order valence-electron chi connectivity index (χ1n) is 12.1. The number of hydrogen-bond donors (Lipinski definition) is 1. The third kappa shape index (κ3) is 6.42. The van der Waals surface area contributed by atoms with Gasteiger partial charge in [0.1, 0.15) is 18.1 Å². The molecule has 0 radical (unpaired) electrons. The first-order chi connectivity index (χ1) is 17.9. The van der Waals surface area contributed by atoms with E-state index in [1.165, 1.54) is 11.8 Å². The zero-order chi connectivity index (χ0) is 26.4. The van der Waals surface area contributed by atoms with Gasteiger partial charge in [-0.2, -0.15) is 0 Å². The quantitative estimate of drug-likeness (QED) is 0.341. The summed E-state index contributed by atoms with van der Waals surface area (Å²) in [7, 11) is 1.55. The molecule has 4 rings (SSSR count). The summed E-state index contributed by atoms with van der Waals surface area (Å²) >= 11 is 1.44. The van der Waals surface area contributed by atoms with Gasteiger partial charge in [-0.1, -0.05) is 42.1 Å². The zero-order valence-corrected chi connectivity index (χ0v) is 22.2. The zero-order valence-electron chi connectivity index (χ0n) is 21.4. The minimum Gasteiger partial charge on any atom is -0.460 e. The minimum absolute atomic E-state index is 0.0210. The number of benzene rings is 2. The average Bonchev–Trinajstić information content (AvgIpc) is 3.25. The lowest BCUT2D eigenvalue weighted by atomic mass is 9.93. The molecule has 0 saturated heterocycles. The molecule has 0 aliphatic carbocycles. The van der Waals surface area contributed by atoms with E-state index in [2.05, 4.69) is 5.32 Å². The van der Waals surface area contributed by atoms with E-state index in [9.17, 15) is 9.59 Å². The number of carbonyl (C=O) groups excluding carboxylic acids is 2. The Kier molecular flexibility index (Phi) is 8.68. The van der Waals surface area contributed by atoms with Crippen LogP contribution in [0.2, 0.25) is 0 Å².